The van der Waals surface area contributed by atoms with Crippen molar-refractivity contribution in [3.05, 3.63) is 35.1 Å². The number of cyclic esters (lactones) is 1. The normalized spacial score (nSPS) is 36.6. The highest BCUT2D eigenvalue weighted by molar-refractivity contribution is 5.75. The van der Waals surface area contributed by atoms with Gasteiger partial charge in [-0.05, 0) is 54.9 Å². The molecule has 20 heavy (non-hydrogen) atoms. The number of rotatable bonds is 1. The summed E-state index contributed by atoms with van der Waals surface area (Å²) in [5, 5.41) is 0. The van der Waals surface area contributed by atoms with Gasteiger partial charge in [0, 0.05) is 5.92 Å². The Balaban J connectivity index is 1.91. The maximum atomic E-state index is 13.4. The van der Waals surface area contributed by atoms with Crippen LogP contribution in [0.25, 0.3) is 0 Å². The van der Waals surface area contributed by atoms with Crippen LogP contribution in [0.2, 0.25) is 0 Å². The number of aryl methyl sites for hydroxylation is 1. The Morgan fingerprint density at radius 3 is 2.70 bits per heavy atom. The van der Waals surface area contributed by atoms with Crippen LogP contribution >= 0.6 is 0 Å². The number of carbonyl (C=O) groups is 1. The van der Waals surface area contributed by atoms with E-state index in [0.29, 0.717) is 23.3 Å². The van der Waals surface area contributed by atoms with E-state index in [2.05, 4.69) is 13.8 Å². The first-order valence-corrected chi connectivity index (χ1v) is 7.45. The van der Waals surface area contributed by atoms with Crippen LogP contribution in [-0.4, -0.2) is 5.97 Å². The van der Waals surface area contributed by atoms with Gasteiger partial charge in [0.2, 0.25) is 0 Å². The molecule has 1 aliphatic carbocycles. The predicted octanol–water partition coefficient (Wildman–Crippen LogP) is 4.03. The van der Waals surface area contributed by atoms with Gasteiger partial charge >= 0.3 is 5.97 Å². The van der Waals surface area contributed by atoms with E-state index in [1.807, 2.05) is 6.07 Å². The number of hydrogen-bond donors (Lipinski definition) is 0. The van der Waals surface area contributed by atoms with Crippen LogP contribution in [0.5, 0.6) is 0 Å². The number of halogens is 1. The Labute approximate surface area is 119 Å². The minimum absolute atomic E-state index is 0.0581. The highest BCUT2D eigenvalue weighted by Gasteiger charge is 2.49. The van der Waals surface area contributed by atoms with E-state index < -0.39 is 0 Å². The molecular weight excluding hydrogens is 255 g/mol. The molecule has 0 spiro atoms. The maximum Gasteiger partial charge on any atom is 0.310 e. The summed E-state index contributed by atoms with van der Waals surface area (Å²) in [6, 6.07) is 5.02. The number of fused-ring (bicyclic) bond motifs is 1. The lowest BCUT2D eigenvalue weighted by Crippen LogP contribution is -2.39. The van der Waals surface area contributed by atoms with E-state index >= 15 is 0 Å². The zero-order chi connectivity index (χ0) is 14.4. The van der Waals surface area contributed by atoms with Gasteiger partial charge in [0.25, 0.3) is 0 Å². The number of esters is 1. The Morgan fingerprint density at radius 2 is 2.00 bits per heavy atom. The highest BCUT2D eigenvalue weighted by Crippen LogP contribution is 2.50. The summed E-state index contributed by atoms with van der Waals surface area (Å²) < 4.78 is 19.1. The number of carbonyl (C=O) groups excluding carboxylic acids is 1. The molecule has 2 aliphatic rings. The minimum Gasteiger partial charge on any atom is -0.457 e. The highest BCUT2D eigenvalue weighted by atomic mass is 19.1. The van der Waals surface area contributed by atoms with Crippen LogP contribution in [0.4, 0.5) is 4.39 Å². The largest absolute Gasteiger partial charge is 0.457 e. The van der Waals surface area contributed by atoms with Gasteiger partial charge in [-0.1, -0.05) is 19.9 Å². The summed E-state index contributed by atoms with van der Waals surface area (Å²) in [7, 11) is 0. The lowest BCUT2D eigenvalue weighted by Gasteiger charge is -2.38. The summed E-state index contributed by atoms with van der Waals surface area (Å²) in [5.74, 6) is 0.906. The smallest absolute Gasteiger partial charge is 0.310 e. The zero-order valence-corrected chi connectivity index (χ0v) is 12.2. The lowest BCUT2D eigenvalue weighted by molar-refractivity contribution is -0.172. The van der Waals surface area contributed by atoms with Crippen LogP contribution in [-0.2, 0) is 9.53 Å². The second kappa shape index (κ2) is 4.87. The molecule has 2 nitrogen and oxygen atoms in total. The van der Waals surface area contributed by atoms with Gasteiger partial charge in [-0.3, -0.25) is 4.79 Å². The second-order valence-corrected chi connectivity index (χ2v) is 6.47. The molecular formula is C17H21FO2. The molecule has 0 unspecified atom stereocenters. The van der Waals surface area contributed by atoms with E-state index in [0.717, 1.165) is 18.4 Å². The monoisotopic (exact) mass is 276 g/mol. The van der Waals surface area contributed by atoms with Crippen LogP contribution in [0.1, 0.15) is 43.9 Å². The third kappa shape index (κ3) is 2.04. The van der Waals surface area contributed by atoms with Crippen molar-refractivity contribution < 1.29 is 13.9 Å². The molecule has 0 radical (unpaired) electrons. The fraction of sp³-hybridized carbons (Fsp3) is 0.588. The van der Waals surface area contributed by atoms with Crippen molar-refractivity contribution in [1.29, 1.82) is 0 Å². The molecule has 3 rings (SSSR count). The van der Waals surface area contributed by atoms with Crippen molar-refractivity contribution >= 4 is 5.97 Å². The first-order valence-electron chi connectivity index (χ1n) is 7.45. The van der Waals surface area contributed by atoms with Crippen molar-refractivity contribution in [2.45, 2.75) is 39.7 Å². The quantitative estimate of drug-likeness (QED) is 0.724. The summed E-state index contributed by atoms with van der Waals surface area (Å²) in [6.07, 6.45) is 1.97. The van der Waals surface area contributed by atoms with Gasteiger partial charge < -0.3 is 4.74 Å². The average Bonchev–Trinajstić information content (AvgIpc) is 2.80. The van der Waals surface area contributed by atoms with E-state index in [1.165, 1.54) is 6.07 Å². The van der Waals surface area contributed by atoms with Crippen LogP contribution in [0.15, 0.2) is 18.2 Å². The predicted molar refractivity (Wildman–Crippen MR) is 74.5 cm³/mol. The third-order valence-electron chi connectivity index (χ3n) is 5.21. The molecule has 108 valence electrons. The molecule has 1 heterocycles. The molecule has 1 saturated heterocycles. The Hall–Kier alpha value is -1.38. The van der Waals surface area contributed by atoms with E-state index in [1.54, 1.807) is 13.0 Å². The van der Waals surface area contributed by atoms with Crippen molar-refractivity contribution in [3.63, 3.8) is 0 Å². The number of benzene rings is 1. The van der Waals surface area contributed by atoms with E-state index in [4.69, 9.17) is 4.74 Å². The van der Waals surface area contributed by atoms with Crippen molar-refractivity contribution in [2.24, 2.45) is 23.7 Å². The fourth-order valence-electron chi connectivity index (χ4n) is 3.99. The topological polar surface area (TPSA) is 26.3 Å². The van der Waals surface area contributed by atoms with Gasteiger partial charge in [0.05, 0.1) is 5.92 Å². The first kappa shape index (κ1) is 13.6. The maximum absolute atomic E-state index is 13.4. The SMILES string of the molecule is Cc1cc([C@@H]2OC(=O)[C@H]3[C@H](CC[C@@H]3C)[C@H]2C)ccc1F. The minimum atomic E-state index is -0.228. The van der Waals surface area contributed by atoms with Gasteiger partial charge in [-0.2, -0.15) is 0 Å². The molecule has 0 bridgehead atoms. The molecule has 1 aromatic carbocycles. The Morgan fingerprint density at radius 1 is 1.25 bits per heavy atom. The number of ether oxygens (including phenoxy) is 1. The summed E-state index contributed by atoms with van der Waals surface area (Å²) in [5.41, 5.74) is 1.52. The van der Waals surface area contributed by atoms with Crippen molar-refractivity contribution in [2.75, 3.05) is 0 Å². The van der Waals surface area contributed by atoms with Gasteiger partial charge in [0.1, 0.15) is 11.9 Å². The Kier molecular flexibility index (Phi) is 3.31. The van der Waals surface area contributed by atoms with Crippen molar-refractivity contribution in [3.8, 4) is 0 Å². The van der Waals surface area contributed by atoms with Gasteiger partial charge in [-0.25, -0.2) is 4.39 Å². The molecule has 3 heteroatoms. The fourth-order valence-corrected chi connectivity index (χ4v) is 3.99. The van der Waals surface area contributed by atoms with Crippen molar-refractivity contribution in [1.82, 2.24) is 0 Å². The lowest BCUT2D eigenvalue weighted by atomic mass is 9.75. The van der Waals surface area contributed by atoms with Crippen LogP contribution < -0.4 is 0 Å². The Bertz CT molecular complexity index is 540. The van der Waals surface area contributed by atoms with Crippen LogP contribution in [0, 0.1) is 36.4 Å². The molecule has 1 aromatic rings. The molecule has 5 atom stereocenters. The first-order chi connectivity index (χ1) is 9.49. The zero-order valence-electron chi connectivity index (χ0n) is 12.2. The molecule has 2 fully saturated rings. The molecule has 0 N–H and O–H groups in total. The summed E-state index contributed by atoms with van der Waals surface area (Å²) in [4.78, 5) is 12.3. The third-order valence-corrected chi connectivity index (χ3v) is 5.21. The standard InChI is InChI=1S/C17H21FO2/c1-9-4-6-13-11(3)16(20-17(19)15(9)13)12-5-7-14(18)10(2)8-12/h5,7-9,11,13,15-16H,4,6H2,1-3H3/t9-,11+,13+,15+,16+/m0/s1. The number of hydrogen-bond acceptors (Lipinski definition) is 2. The second-order valence-electron chi connectivity index (χ2n) is 6.47. The molecule has 1 saturated carbocycles. The summed E-state index contributed by atoms with van der Waals surface area (Å²) >= 11 is 0. The van der Waals surface area contributed by atoms with Crippen LogP contribution in [0.3, 0.4) is 0 Å². The van der Waals surface area contributed by atoms with E-state index in [9.17, 15) is 9.18 Å². The average molecular weight is 276 g/mol. The van der Waals surface area contributed by atoms with E-state index in [-0.39, 0.29) is 23.8 Å². The van der Waals surface area contributed by atoms with Gasteiger partial charge in [0.15, 0.2) is 0 Å². The molecule has 1 aliphatic heterocycles. The molecule has 0 aromatic heterocycles. The summed E-state index contributed by atoms with van der Waals surface area (Å²) in [6.45, 7) is 6.04. The van der Waals surface area contributed by atoms with Gasteiger partial charge in [-0.15, -0.1) is 0 Å². The molecule has 0 amide bonds.